The van der Waals surface area contributed by atoms with Gasteiger partial charge in [-0.3, -0.25) is 4.79 Å². The Morgan fingerprint density at radius 3 is 2.68 bits per heavy atom. The van der Waals surface area contributed by atoms with Crippen LogP contribution < -0.4 is 11.1 Å². The Balaban J connectivity index is 2.05. The zero-order valence-corrected chi connectivity index (χ0v) is 10.9. The van der Waals surface area contributed by atoms with Crippen LogP contribution in [0.1, 0.15) is 16.7 Å². The smallest absolute Gasteiger partial charge is 0.229 e. The summed E-state index contributed by atoms with van der Waals surface area (Å²) in [5, 5.41) is 2.79. The van der Waals surface area contributed by atoms with Crippen molar-refractivity contribution in [3.05, 3.63) is 59.3 Å². The van der Waals surface area contributed by atoms with Crippen LogP contribution in [0.25, 0.3) is 0 Å². The maximum absolute atomic E-state index is 12.0. The van der Waals surface area contributed by atoms with E-state index < -0.39 is 0 Å². The van der Waals surface area contributed by atoms with E-state index in [-0.39, 0.29) is 5.91 Å². The second kappa shape index (κ2) is 6.11. The molecule has 0 saturated carbocycles. The molecular weight excluding hydrogens is 238 g/mol. The number of aryl methyl sites for hydroxylation is 1. The van der Waals surface area contributed by atoms with Crippen molar-refractivity contribution in [2.45, 2.75) is 19.9 Å². The molecule has 0 bridgehead atoms. The van der Waals surface area contributed by atoms with Gasteiger partial charge in [-0.05, 0) is 35.7 Å². The van der Waals surface area contributed by atoms with Gasteiger partial charge in [-0.1, -0.05) is 24.3 Å². The topological polar surface area (TPSA) is 68.0 Å². The lowest BCUT2D eigenvalue weighted by Gasteiger charge is -2.08. The molecule has 4 nitrogen and oxygen atoms in total. The van der Waals surface area contributed by atoms with E-state index in [1.165, 1.54) is 0 Å². The molecule has 3 N–H and O–H groups in total. The number of nitrogens with one attached hydrogen (secondary N) is 1. The van der Waals surface area contributed by atoms with Gasteiger partial charge in [0.25, 0.3) is 0 Å². The van der Waals surface area contributed by atoms with Gasteiger partial charge in [-0.25, -0.2) is 4.98 Å². The third-order valence-corrected chi connectivity index (χ3v) is 2.87. The monoisotopic (exact) mass is 255 g/mol. The molecule has 0 aliphatic carbocycles. The van der Waals surface area contributed by atoms with Crippen LogP contribution in [-0.2, 0) is 17.8 Å². The van der Waals surface area contributed by atoms with Crippen LogP contribution in [0, 0.1) is 6.92 Å². The third-order valence-electron chi connectivity index (χ3n) is 2.87. The van der Waals surface area contributed by atoms with E-state index in [4.69, 9.17) is 5.73 Å². The van der Waals surface area contributed by atoms with E-state index in [1.807, 2.05) is 43.3 Å². The van der Waals surface area contributed by atoms with Crippen molar-refractivity contribution in [3.8, 4) is 0 Å². The first-order valence-electron chi connectivity index (χ1n) is 6.18. The second-order valence-electron chi connectivity index (χ2n) is 4.42. The minimum Gasteiger partial charge on any atom is -0.326 e. The number of nitrogens with two attached hydrogens (primary N) is 1. The normalized spacial score (nSPS) is 10.2. The van der Waals surface area contributed by atoms with Crippen molar-refractivity contribution in [2.75, 3.05) is 5.32 Å². The Labute approximate surface area is 112 Å². The molecule has 0 aliphatic heterocycles. The van der Waals surface area contributed by atoms with E-state index in [1.54, 1.807) is 6.20 Å². The molecule has 2 aromatic rings. The lowest BCUT2D eigenvalue weighted by molar-refractivity contribution is -0.115. The molecule has 0 aliphatic rings. The highest BCUT2D eigenvalue weighted by atomic mass is 16.1. The summed E-state index contributed by atoms with van der Waals surface area (Å²) in [5.74, 6) is 0.495. The average Bonchev–Trinajstić information content (AvgIpc) is 2.39. The number of nitrogens with zero attached hydrogens (tertiary/aromatic N) is 1. The number of anilines is 1. The molecule has 0 unspecified atom stereocenters. The summed E-state index contributed by atoms with van der Waals surface area (Å²) in [6.45, 7) is 2.40. The summed E-state index contributed by atoms with van der Waals surface area (Å²) in [4.78, 5) is 16.1. The van der Waals surface area contributed by atoms with Gasteiger partial charge in [-0.2, -0.15) is 0 Å². The van der Waals surface area contributed by atoms with Crippen molar-refractivity contribution in [2.24, 2.45) is 5.73 Å². The van der Waals surface area contributed by atoms with E-state index in [2.05, 4.69) is 10.3 Å². The van der Waals surface area contributed by atoms with Gasteiger partial charge >= 0.3 is 0 Å². The van der Waals surface area contributed by atoms with Crippen molar-refractivity contribution < 1.29 is 4.79 Å². The van der Waals surface area contributed by atoms with E-state index >= 15 is 0 Å². The molecule has 1 amide bonds. The zero-order valence-electron chi connectivity index (χ0n) is 10.9. The van der Waals surface area contributed by atoms with Crippen LogP contribution in [0.4, 0.5) is 5.82 Å². The first-order chi connectivity index (χ1) is 9.19. The molecule has 98 valence electrons. The molecular formula is C15H17N3O. The fourth-order valence-corrected chi connectivity index (χ4v) is 1.89. The highest BCUT2D eigenvalue weighted by Gasteiger charge is 2.07. The number of pyridine rings is 1. The standard InChI is InChI=1S/C15H17N3O/c1-11-6-7-17-14(8-11)18-15(19)9-12-4-2-3-5-13(12)10-16/h2-8H,9-10,16H2,1H3,(H,17,18,19). The van der Waals surface area contributed by atoms with Crippen LogP contribution in [0.5, 0.6) is 0 Å². The number of rotatable bonds is 4. The summed E-state index contributed by atoms with van der Waals surface area (Å²) >= 11 is 0. The molecule has 19 heavy (non-hydrogen) atoms. The lowest BCUT2D eigenvalue weighted by atomic mass is 10.0. The SMILES string of the molecule is Cc1ccnc(NC(=O)Cc2ccccc2CN)c1. The number of hydrogen-bond acceptors (Lipinski definition) is 3. The third kappa shape index (κ3) is 3.63. The molecule has 1 aromatic heterocycles. The Kier molecular flexibility index (Phi) is 4.26. The second-order valence-corrected chi connectivity index (χ2v) is 4.42. The van der Waals surface area contributed by atoms with E-state index in [0.29, 0.717) is 18.8 Å². The fraction of sp³-hybridized carbons (Fsp3) is 0.200. The van der Waals surface area contributed by atoms with Gasteiger partial charge in [-0.15, -0.1) is 0 Å². The number of carbonyl (C=O) groups excluding carboxylic acids is 1. The average molecular weight is 255 g/mol. The minimum absolute atomic E-state index is 0.0843. The molecule has 0 saturated heterocycles. The number of aromatic nitrogens is 1. The van der Waals surface area contributed by atoms with Gasteiger partial charge in [0.15, 0.2) is 0 Å². The largest absolute Gasteiger partial charge is 0.326 e. The highest BCUT2D eigenvalue weighted by Crippen LogP contribution is 2.11. The predicted octanol–water partition coefficient (Wildman–Crippen LogP) is 2.03. The summed E-state index contributed by atoms with van der Waals surface area (Å²) in [5.41, 5.74) is 8.67. The van der Waals surface area contributed by atoms with Crippen molar-refractivity contribution in [1.82, 2.24) is 4.98 Å². The van der Waals surface area contributed by atoms with Crippen molar-refractivity contribution in [3.63, 3.8) is 0 Å². The Morgan fingerprint density at radius 1 is 1.26 bits per heavy atom. The van der Waals surface area contributed by atoms with Gasteiger partial charge < -0.3 is 11.1 Å². The minimum atomic E-state index is -0.0843. The lowest BCUT2D eigenvalue weighted by Crippen LogP contribution is -2.16. The summed E-state index contributed by atoms with van der Waals surface area (Å²) in [7, 11) is 0. The maximum atomic E-state index is 12.0. The zero-order chi connectivity index (χ0) is 13.7. The van der Waals surface area contributed by atoms with Gasteiger partial charge in [0.2, 0.25) is 5.91 Å². The summed E-state index contributed by atoms with van der Waals surface area (Å²) < 4.78 is 0. The van der Waals surface area contributed by atoms with Crippen LogP contribution in [-0.4, -0.2) is 10.9 Å². The number of hydrogen-bond donors (Lipinski definition) is 2. The predicted molar refractivity (Wildman–Crippen MR) is 75.6 cm³/mol. The van der Waals surface area contributed by atoms with E-state index in [9.17, 15) is 4.79 Å². The fourth-order valence-electron chi connectivity index (χ4n) is 1.89. The summed E-state index contributed by atoms with van der Waals surface area (Å²) in [6, 6.07) is 11.4. The molecule has 0 fully saturated rings. The van der Waals surface area contributed by atoms with Gasteiger partial charge in [0.1, 0.15) is 5.82 Å². The van der Waals surface area contributed by atoms with Gasteiger partial charge in [0, 0.05) is 12.7 Å². The molecule has 0 spiro atoms. The molecule has 4 heteroatoms. The number of benzene rings is 1. The molecule has 0 atom stereocenters. The Bertz CT molecular complexity index is 581. The van der Waals surface area contributed by atoms with E-state index in [0.717, 1.165) is 16.7 Å². The number of amides is 1. The van der Waals surface area contributed by atoms with Crippen LogP contribution in [0.2, 0.25) is 0 Å². The molecule has 1 heterocycles. The van der Waals surface area contributed by atoms with Crippen LogP contribution in [0.3, 0.4) is 0 Å². The van der Waals surface area contributed by atoms with Crippen LogP contribution in [0.15, 0.2) is 42.6 Å². The highest BCUT2D eigenvalue weighted by molar-refractivity contribution is 5.91. The summed E-state index contributed by atoms with van der Waals surface area (Å²) in [6.07, 6.45) is 1.99. The molecule has 2 rings (SSSR count). The first-order valence-corrected chi connectivity index (χ1v) is 6.18. The molecule has 1 aromatic carbocycles. The maximum Gasteiger partial charge on any atom is 0.229 e. The van der Waals surface area contributed by atoms with Crippen molar-refractivity contribution in [1.29, 1.82) is 0 Å². The first kappa shape index (κ1) is 13.2. The Hall–Kier alpha value is -2.20. The van der Waals surface area contributed by atoms with Crippen LogP contribution >= 0.6 is 0 Å². The number of carbonyl (C=O) groups is 1. The van der Waals surface area contributed by atoms with Gasteiger partial charge in [0.05, 0.1) is 6.42 Å². The van der Waals surface area contributed by atoms with Crippen molar-refractivity contribution >= 4 is 11.7 Å². The Morgan fingerprint density at radius 2 is 2.00 bits per heavy atom. The quantitative estimate of drug-likeness (QED) is 0.878. The molecule has 0 radical (unpaired) electrons.